The second-order valence-corrected chi connectivity index (χ2v) is 7.80. The van der Waals surface area contributed by atoms with Crippen LogP contribution in [0.2, 0.25) is 0 Å². The van der Waals surface area contributed by atoms with Crippen molar-refractivity contribution < 1.29 is 18.3 Å². The number of hydrogen-bond acceptors (Lipinski definition) is 4. The number of aromatic nitrogens is 1. The van der Waals surface area contributed by atoms with Crippen LogP contribution in [0.4, 0.5) is 0 Å². The Morgan fingerprint density at radius 2 is 2.00 bits per heavy atom. The van der Waals surface area contributed by atoms with Gasteiger partial charge in [-0.3, -0.25) is 4.98 Å². The third-order valence-electron chi connectivity index (χ3n) is 4.15. The molecule has 126 valence electrons. The van der Waals surface area contributed by atoms with Crippen LogP contribution in [0, 0.1) is 0 Å². The van der Waals surface area contributed by atoms with Gasteiger partial charge in [0, 0.05) is 12.1 Å². The maximum absolute atomic E-state index is 11.9. The smallest absolute Gasteiger partial charge is 0.335 e. The molecule has 1 N–H and O–H groups in total. The fraction of sp³-hybridized carbons (Fsp3) is 0.294. The highest BCUT2D eigenvalue weighted by Gasteiger charge is 2.33. The minimum absolute atomic E-state index is 0.193. The van der Waals surface area contributed by atoms with Crippen LogP contribution in [0.25, 0.3) is 11.3 Å². The number of rotatable bonds is 4. The highest BCUT2D eigenvalue weighted by atomic mass is 32.2. The maximum Gasteiger partial charge on any atom is 0.335 e. The first-order valence-electron chi connectivity index (χ1n) is 7.64. The number of carboxylic acid groups (broad SMARTS) is 1. The van der Waals surface area contributed by atoms with Gasteiger partial charge in [0.15, 0.2) is 0 Å². The average molecular weight is 346 g/mol. The number of carbonyl (C=O) groups is 1. The summed E-state index contributed by atoms with van der Waals surface area (Å²) in [5.41, 5.74) is 2.21. The first-order valence-corrected chi connectivity index (χ1v) is 9.48. The van der Waals surface area contributed by atoms with Gasteiger partial charge in [-0.2, -0.15) is 4.31 Å². The van der Waals surface area contributed by atoms with Crippen LogP contribution in [-0.2, 0) is 10.0 Å². The molecule has 0 aliphatic carbocycles. The SMILES string of the molecule is CS(=O)(=O)N1CCCC1c1cccc(-c2cccc(C(=O)O)c2)n1. The summed E-state index contributed by atoms with van der Waals surface area (Å²) < 4.78 is 25.3. The van der Waals surface area contributed by atoms with E-state index in [1.165, 1.54) is 16.6 Å². The Bertz CT molecular complexity index is 880. The molecule has 3 rings (SSSR count). The van der Waals surface area contributed by atoms with E-state index < -0.39 is 16.0 Å². The van der Waals surface area contributed by atoms with Crippen molar-refractivity contribution in [3.63, 3.8) is 0 Å². The lowest BCUT2D eigenvalue weighted by molar-refractivity contribution is 0.0697. The summed E-state index contributed by atoms with van der Waals surface area (Å²) in [4.78, 5) is 15.7. The molecule has 2 aromatic rings. The predicted octanol–water partition coefficient (Wildman–Crippen LogP) is 2.54. The van der Waals surface area contributed by atoms with Gasteiger partial charge in [-0.1, -0.05) is 18.2 Å². The Hall–Kier alpha value is -2.25. The molecular weight excluding hydrogens is 328 g/mol. The monoisotopic (exact) mass is 346 g/mol. The maximum atomic E-state index is 11.9. The number of nitrogens with zero attached hydrogens (tertiary/aromatic N) is 2. The Kier molecular flexibility index (Phi) is 4.38. The summed E-state index contributed by atoms with van der Waals surface area (Å²) in [6.07, 6.45) is 2.75. The molecule has 7 heteroatoms. The first kappa shape index (κ1) is 16.6. The van der Waals surface area contributed by atoms with Crippen LogP contribution in [0.3, 0.4) is 0 Å². The lowest BCUT2D eigenvalue weighted by Gasteiger charge is -2.22. The van der Waals surface area contributed by atoms with E-state index in [-0.39, 0.29) is 11.6 Å². The quantitative estimate of drug-likeness (QED) is 0.919. The zero-order chi connectivity index (χ0) is 17.3. The van der Waals surface area contributed by atoms with E-state index in [0.29, 0.717) is 23.5 Å². The molecule has 1 aliphatic rings. The molecule has 0 spiro atoms. The number of carboxylic acids is 1. The van der Waals surface area contributed by atoms with Crippen molar-refractivity contribution in [2.75, 3.05) is 12.8 Å². The standard InChI is InChI=1S/C17H18N2O4S/c1-24(22,23)19-10-4-9-16(19)15-8-3-7-14(18-15)12-5-2-6-13(11-12)17(20)21/h2-3,5-8,11,16H,4,9-10H2,1H3,(H,20,21). The molecule has 1 aromatic carbocycles. The number of benzene rings is 1. The molecule has 1 fully saturated rings. The van der Waals surface area contributed by atoms with Crippen molar-refractivity contribution in [1.82, 2.24) is 9.29 Å². The fourth-order valence-corrected chi connectivity index (χ4v) is 4.18. The molecule has 0 bridgehead atoms. The fourth-order valence-electron chi connectivity index (χ4n) is 3.04. The van der Waals surface area contributed by atoms with E-state index >= 15 is 0 Å². The summed E-state index contributed by atoms with van der Waals surface area (Å²) in [6.45, 7) is 0.504. The van der Waals surface area contributed by atoms with E-state index in [1.54, 1.807) is 24.3 Å². The molecule has 1 atom stereocenters. The molecule has 1 unspecified atom stereocenters. The molecule has 1 aliphatic heterocycles. The zero-order valence-corrected chi connectivity index (χ0v) is 14.0. The van der Waals surface area contributed by atoms with Crippen LogP contribution < -0.4 is 0 Å². The minimum Gasteiger partial charge on any atom is -0.478 e. The van der Waals surface area contributed by atoms with Crippen LogP contribution in [0.15, 0.2) is 42.5 Å². The summed E-state index contributed by atoms with van der Waals surface area (Å²) >= 11 is 0. The van der Waals surface area contributed by atoms with Crippen molar-refractivity contribution in [2.24, 2.45) is 0 Å². The van der Waals surface area contributed by atoms with E-state index in [2.05, 4.69) is 4.98 Å². The number of aromatic carboxylic acids is 1. The Labute approximate surface area is 140 Å². The normalized spacial score (nSPS) is 18.6. The average Bonchev–Trinajstić information content (AvgIpc) is 3.05. The third-order valence-corrected chi connectivity index (χ3v) is 5.44. The van der Waals surface area contributed by atoms with Crippen LogP contribution in [0.5, 0.6) is 0 Å². The van der Waals surface area contributed by atoms with E-state index in [1.807, 2.05) is 12.1 Å². The van der Waals surface area contributed by atoms with Crippen molar-refractivity contribution >= 4 is 16.0 Å². The zero-order valence-electron chi connectivity index (χ0n) is 13.2. The highest BCUT2D eigenvalue weighted by Crippen LogP contribution is 2.33. The largest absolute Gasteiger partial charge is 0.478 e. The van der Waals surface area contributed by atoms with Crippen molar-refractivity contribution in [2.45, 2.75) is 18.9 Å². The molecule has 0 saturated carbocycles. The van der Waals surface area contributed by atoms with E-state index in [4.69, 9.17) is 5.11 Å². The van der Waals surface area contributed by atoms with Crippen LogP contribution in [-0.4, -0.2) is 41.6 Å². The summed E-state index contributed by atoms with van der Waals surface area (Å²) in [5.74, 6) is -0.993. The number of sulfonamides is 1. The van der Waals surface area contributed by atoms with Gasteiger partial charge in [0.2, 0.25) is 10.0 Å². The molecule has 1 aromatic heterocycles. The van der Waals surface area contributed by atoms with E-state index in [9.17, 15) is 13.2 Å². The van der Waals surface area contributed by atoms with Gasteiger partial charge in [0.25, 0.3) is 0 Å². The highest BCUT2D eigenvalue weighted by molar-refractivity contribution is 7.88. The lowest BCUT2D eigenvalue weighted by Crippen LogP contribution is -2.29. The van der Waals surface area contributed by atoms with Gasteiger partial charge in [-0.25, -0.2) is 13.2 Å². The van der Waals surface area contributed by atoms with Gasteiger partial charge in [0.05, 0.1) is 29.2 Å². The molecule has 6 nitrogen and oxygen atoms in total. The topological polar surface area (TPSA) is 87.6 Å². The first-order chi connectivity index (χ1) is 11.4. The van der Waals surface area contributed by atoms with Gasteiger partial charge in [-0.15, -0.1) is 0 Å². The summed E-state index contributed by atoms with van der Waals surface area (Å²) in [6, 6.07) is 11.7. The second-order valence-electron chi connectivity index (χ2n) is 5.87. The second kappa shape index (κ2) is 6.33. The molecule has 1 saturated heterocycles. The molecule has 0 amide bonds. The molecular formula is C17H18N2O4S. The van der Waals surface area contributed by atoms with Gasteiger partial charge in [0.1, 0.15) is 0 Å². The van der Waals surface area contributed by atoms with Crippen LogP contribution in [0.1, 0.15) is 34.9 Å². The molecule has 2 heterocycles. The van der Waals surface area contributed by atoms with E-state index in [0.717, 1.165) is 12.8 Å². The number of hydrogen-bond donors (Lipinski definition) is 1. The lowest BCUT2D eigenvalue weighted by atomic mass is 10.1. The van der Waals surface area contributed by atoms with Crippen molar-refractivity contribution in [3.05, 3.63) is 53.7 Å². The Balaban J connectivity index is 1.98. The van der Waals surface area contributed by atoms with Gasteiger partial charge >= 0.3 is 5.97 Å². The summed E-state index contributed by atoms with van der Waals surface area (Å²) in [5, 5.41) is 9.11. The summed E-state index contributed by atoms with van der Waals surface area (Å²) in [7, 11) is -3.28. The Morgan fingerprint density at radius 3 is 2.71 bits per heavy atom. The predicted molar refractivity (Wildman–Crippen MR) is 90.2 cm³/mol. The minimum atomic E-state index is -3.28. The van der Waals surface area contributed by atoms with Gasteiger partial charge < -0.3 is 5.11 Å². The Morgan fingerprint density at radius 1 is 1.25 bits per heavy atom. The molecule has 0 radical (unpaired) electrons. The van der Waals surface area contributed by atoms with Crippen molar-refractivity contribution in [1.29, 1.82) is 0 Å². The third kappa shape index (κ3) is 3.32. The number of pyridine rings is 1. The molecule has 24 heavy (non-hydrogen) atoms. The van der Waals surface area contributed by atoms with Crippen LogP contribution >= 0.6 is 0 Å². The van der Waals surface area contributed by atoms with Gasteiger partial charge in [-0.05, 0) is 37.1 Å². The van der Waals surface area contributed by atoms with Crippen molar-refractivity contribution in [3.8, 4) is 11.3 Å².